The summed E-state index contributed by atoms with van der Waals surface area (Å²) in [5.41, 5.74) is 6.84. The van der Waals surface area contributed by atoms with E-state index in [0.717, 1.165) is 5.56 Å². The van der Waals surface area contributed by atoms with Crippen LogP contribution in [0.15, 0.2) is 52.3 Å². The molecule has 0 spiro atoms. The van der Waals surface area contributed by atoms with Gasteiger partial charge in [0.1, 0.15) is 0 Å². The molecule has 134 valence electrons. The predicted molar refractivity (Wildman–Crippen MR) is 96.7 cm³/mol. The van der Waals surface area contributed by atoms with Gasteiger partial charge >= 0.3 is 5.97 Å². The molecule has 0 fully saturated rings. The van der Waals surface area contributed by atoms with Crippen molar-refractivity contribution in [1.82, 2.24) is 0 Å². The van der Waals surface area contributed by atoms with E-state index in [2.05, 4.69) is 0 Å². The van der Waals surface area contributed by atoms with Crippen molar-refractivity contribution in [3.05, 3.63) is 58.6 Å². The van der Waals surface area contributed by atoms with Crippen molar-refractivity contribution in [2.75, 3.05) is 6.61 Å². The first-order chi connectivity index (χ1) is 11.8. The van der Waals surface area contributed by atoms with Crippen molar-refractivity contribution in [3.8, 4) is 0 Å². The summed E-state index contributed by atoms with van der Waals surface area (Å²) in [5, 5.41) is 0.0353. The standard InChI is InChI=1S/C18H20ClNO4S/c1-3-24-18(21)16-9-8-15(11-17(16)19)25(22,23)14-6-4-13(5-7-14)10-12(2)20/h4-9,11-12H,3,10,20H2,1-2H3/t12-/m1/s1. The number of carbonyl (C=O) groups is 1. The number of hydrogen-bond acceptors (Lipinski definition) is 5. The summed E-state index contributed by atoms with van der Waals surface area (Å²) in [6.07, 6.45) is 0.667. The third kappa shape index (κ3) is 4.60. The molecule has 0 bridgehead atoms. The number of sulfone groups is 1. The van der Waals surface area contributed by atoms with E-state index in [9.17, 15) is 13.2 Å². The molecule has 0 aliphatic heterocycles. The maximum Gasteiger partial charge on any atom is 0.339 e. The molecule has 0 unspecified atom stereocenters. The lowest BCUT2D eigenvalue weighted by Gasteiger charge is -2.09. The fourth-order valence-electron chi connectivity index (χ4n) is 2.35. The molecular weight excluding hydrogens is 362 g/mol. The summed E-state index contributed by atoms with van der Waals surface area (Å²) in [7, 11) is -3.73. The van der Waals surface area contributed by atoms with E-state index in [1.54, 1.807) is 31.2 Å². The average molecular weight is 382 g/mol. The number of hydrogen-bond donors (Lipinski definition) is 1. The summed E-state index contributed by atoms with van der Waals surface area (Å²) in [6.45, 7) is 3.78. The topological polar surface area (TPSA) is 86.5 Å². The fourth-order valence-corrected chi connectivity index (χ4v) is 3.96. The van der Waals surface area contributed by atoms with Crippen molar-refractivity contribution >= 4 is 27.4 Å². The first-order valence-electron chi connectivity index (χ1n) is 7.82. The van der Waals surface area contributed by atoms with Crippen LogP contribution in [0, 0.1) is 0 Å². The Morgan fingerprint density at radius 2 is 1.76 bits per heavy atom. The van der Waals surface area contributed by atoms with E-state index < -0.39 is 15.8 Å². The SMILES string of the molecule is CCOC(=O)c1ccc(S(=O)(=O)c2ccc(C[C@@H](C)N)cc2)cc1Cl. The molecule has 25 heavy (non-hydrogen) atoms. The van der Waals surface area contributed by atoms with E-state index in [1.165, 1.54) is 18.2 Å². The summed E-state index contributed by atoms with van der Waals surface area (Å²) in [4.78, 5) is 11.9. The molecule has 0 saturated carbocycles. The van der Waals surface area contributed by atoms with Gasteiger partial charge in [-0.05, 0) is 56.2 Å². The van der Waals surface area contributed by atoms with Gasteiger partial charge in [0.25, 0.3) is 0 Å². The zero-order valence-electron chi connectivity index (χ0n) is 14.0. The van der Waals surface area contributed by atoms with Crippen molar-refractivity contribution in [2.45, 2.75) is 36.1 Å². The van der Waals surface area contributed by atoms with Gasteiger partial charge in [-0.25, -0.2) is 13.2 Å². The van der Waals surface area contributed by atoms with Gasteiger partial charge in [-0.15, -0.1) is 0 Å². The minimum atomic E-state index is -3.73. The quantitative estimate of drug-likeness (QED) is 0.776. The number of benzene rings is 2. The van der Waals surface area contributed by atoms with Crippen LogP contribution in [0.3, 0.4) is 0 Å². The Hall–Kier alpha value is -1.89. The van der Waals surface area contributed by atoms with Crippen molar-refractivity contribution in [3.63, 3.8) is 0 Å². The first-order valence-corrected chi connectivity index (χ1v) is 9.68. The van der Waals surface area contributed by atoms with Crippen molar-refractivity contribution in [2.24, 2.45) is 5.73 Å². The molecule has 0 amide bonds. The van der Waals surface area contributed by atoms with Crippen LogP contribution in [-0.4, -0.2) is 27.0 Å². The second-order valence-electron chi connectivity index (χ2n) is 5.69. The lowest BCUT2D eigenvalue weighted by molar-refractivity contribution is 0.0526. The minimum Gasteiger partial charge on any atom is -0.462 e. The molecule has 0 saturated heterocycles. The Labute approximate surface area is 152 Å². The molecule has 2 N–H and O–H groups in total. The van der Waals surface area contributed by atoms with Crippen LogP contribution < -0.4 is 5.73 Å². The zero-order chi connectivity index (χ0) is 18.6. The Balaban J connectivity index is 2.33. The first kappa shape index (κ1) is 19.4. The van der Waals surface area contributed by atoms with Crippen LogP contribution in [0.1, 0.15) is 29.8 Å². The minimum absolute atomic E-state index is 0.00307. The molecule has 2 aromatic rings. The smallest absolute Gasteiger partial charge is 0.339 e. The molecule has 5 nitrogen and oxygen atoms in total. The van der Waals surface area contributed by atoms with Gasteiger partial charge in [0.2, 0.25) is 9.84 Å². The predicted octanol–water partition coefficient (Wildman–Crippen LogP) is 3.24. The molecule has 2 aromatic carbocycles. The highest BCUT2D eigenvalue weighted by Gasteiger charge is 2.21. The van der Waals surface area contributed by atoms with Gasteiger partial charge < -0.3 is 10.5 Å². The summed E-state index contributed by atoms with van der Waals surface area (Å²) < 4.78 is 30.3. The van der Waals surface area contributed by atoms with E-state index in [0.29, 0.717) is 6.42 Å². The molecule has 0 heterocycles. The van der Waals surface area contributed by atoms with Crippen LogP contribution in [0.5, 0.6) is 0 Å². The zero-order valence-corrected chi connectivity index (χ0v) is 15.6. The van der Waals surface area contributed by atoms with Crippen LogP contribution in [0.25, 0.3) is 0 Å². The van der Waals surface area contributed by atoms with Crippen molar-refractivity contribution < 1.29 is 17.9 Å². The van der Waals surface area contributed by atoms with Gasteiger partial charge in [-0.3, -0.25) is 0 Å². The highest BCUT2D eigenvalue weighted by atomic mass is 35.5. The average Bonchev–Trinajstić information content (AvgIpc) is 2.54. The summed E-state index contributed by atoms with van der Waals surface area (Å²) >= 11 is 6.06. The normalized spacial score (nSPS) is 12.6. The van der Waals surface area contributed by atoms with E-state index >= 15 is 0 Å². The summed E-state index contributed by atoms with van der Waals surface area (Å²) in [6, 6.07) is 10.5. The van der Waals surface area contributed by atoms with Crippen molar-refractivity contribution in [1.29, 1.82) is 0 Å². The highest BCUT2D eigenvalue weighted by Crippen LogP contribution is 2.26. The molecule has 2 rings (SSSR count). The Bertz CT molecular complexity index is 861. The van der Waals surface area contributed by atoms with Crippen LogP contribution in [-0.2, 0) is 21.0 Å². The molecular formula is C18H20ClNO4S. The number of ether oxygens (including phenoxy) is 1. The van der Waals surface area contributed by atoms with Gasteiger partial charge in [0.15, 0.2) is 0 Å². The van der Waals surface area contributed by atoms with Crippen LogP contribution in [0.4, 0.5) is 0 Å². The highest BCUT2D eigenvalue weighted by molar-refractivity contribution is 7.91. The fraction of sp³-hybridized carbons (Fsp3) is 0.278. The van der Waals surface area contributed by atoms with Crippen LogP contribution in [0.2, 0.25) is 5.02 Å². The van der Waals surface area contributed by atoms with Gasteiger partial charge in [0, 0.05) is 6.04 Å². The second kappa shape index (κ2) is 7.99. The van der Waals surface area contributed by atoms with Gasteiger partial charge in [-0.1, -0.05) is 23.7 Å². The number of esters is 1. The largest absolute Gasteiger partial charge is 0.462 e. The number of halogens is 1. The third-order valence-corrected chi connectivity index (χ3v) is 5.62. The molecule has 0 radical (unpaired) electrons. The number of nitrogens with two attached hydrogens (primary N) is 1. The maximum atomic E-state index is 12.7. The summed E-state index contributed by atoms with van der Waals surface area (Å²) in [5.74, 6) is -0.586. The number of rotatable bonds is 6. The maximum absolute atomic E-state index is 12.7. The molecule has 0 aliphatic carbocycles. The Morgan fingerprint density at radius 1 is 1.16 bits per heavy atom. The third-order valence-electron chi connectivity index (χ3n) is 3.54. The monoisotopic (exact) mass is 381 g/mol. The van der Waals surface area contributed by atoms with E-state index in [4.69, 9.17) is 22.1 Å². The van der Waals surface area contributed by atoms with E-state index in [-0.39, 0.29) is 33.0 Å². The van der Waals surface area contributed by atoms with Gasteiger partial charge in [-0.2, -0.15) is 0 Å². The van der Waals surface area contributed by atoms with Crippen LogP contribution >= 0.6 is 11.6 Å². The molecule has 7 heteroatoms. The Morgan fingerprint density at radius 3 is 2.28 bits per heavy atom. The molecule has 1 atom stereocenters. The lowest BCUT2D eigenvalue weighted by Crippen LogP contribution is -2.17. The second-order valence-corrected chi connectivity index (χ2v) is 8.05. The van der Waals surface area contributed by atoms with E-state index in [1.807, 2.05) is 6.92 Å². The molecule has 0 aliphatic rings. The molecule has 0 aromatic heterocycles. The lowest BCUT2D eigenvalue weighted by atomic mass is 10.1. The van der Waals surface area contributed by atoms with Gasteiger partial charge in [0.05, 0.1) is 27.0 Å². The number of carbonyl (C=O) groups excluding carboxylic acids is 1. The Kier molecular flexibility index (Phi) is 6.21.